The molecule has 0 amide bonds. The summed E-state index contributed by atoms with van der Waals surface area (Å²) in [6.07, 6.45) is 0. The number of hydrogen-bond acceptors (Lipinski definition) is 0. The van der Waals surface area contributed by atoms with E-state index in [4.69, 9.17) is 22.5 Å². The predicted octanol–water partition coefficient (Wildman–Crippen LogP) is 6.56. The number of halogens is 2. The number of benzene rings is 4. The summed E-state index contributed by atoms with van der Waals surface area (Å²) < 4.78 is 0. The Hall–Kier alpha value is -1.33. The normalized spacial score (nSPS) is 11.8. The van der Waals surface area contributed by atoms with Crippen LogP contribution in [0.15, 0.2) is 66.7 Å². The highest BCUT2D eigenvalue weighted by Gasteiger charge is 2.12. The van der Waals surface area contributed by atoms with Gasteiger partial charge in [-0.25, -0.2) is 0 Å². The third kappa shape index (κ3) is 2.19. The molecule has 0 aliphatic rings. The summed E-state index contributed by atoms with van der Waals surface area (Å²) in [6.45, 7) is -1.17. The van der Waals surface area contributed by atoms with E-state index in [1.807, 2.05) is 12.1 Å². The van der Waals surface area contributed by atoms with Gasteiger partial charge in [0.15, 0.2) is 0 Å². The van der Waals surface area contributed by atoms with Crippen molar-refractivity contribution in [2.75, 3.05) is 0 Å². The first-order valence-electron chi connectivity index (χ1n) is 6.70. The van der Waals surface area contributed by atoms with Gasteiger partial charge in [-0.1, -0.05) is 77.1 Å². The Kier molecular flexibility index (Phi) is 3.27. The van der Waals surface area contributed by atoms with Gasteiger partial charge in [-0.05, 0) is 44.5 Å². The molecular weight excluding hydrogens is 318 g/mol. The van der Waals surface area contributed by atoms with E-state index in [2.05, 4.69) is 54.6 Å². The summed E-state index contributed by atoms with van der Waals surface area (Å²) in [6, 6.07) is 23.3. The monoisotopic (exact) mass is 328 g/mol. The molecule has 0 atom stereocenters. The van der Waals surface area contributed by atoms with Crippen LogP contribution < -0.4 is 5.30 Å². The maximum atomic E-state index is 6.23. The van der Waals surface area contributed by atoms with Gasteiger partial charge in [0.25, 0.3) is 0 Å². The Morgan fingerprint density at radius 1 is 0.619 bits per heavy atom. The van der Waals surface area contributed by atoms with Gasteiger partial charge in [0.2, 0.25) is 0 Å². The lowest BCUT2D eigenvalue weighted by atomic mass is 9.98. The zero-order chi connectivity index (χ0) is 14.4. The van der Waals surface area contributed by atoms with Gasteiger partial charge in [-0.2, -0.15) is 0 Å². The minimum absolute atomic E-state index is 1.03. The number of rotatable bonds is 1. The summed E-state index contributed by atoms with van der Waals surface area (Å²) in [4.78, 5) is 0. The summed E-state index contributed by atoms with van der Waals surface area (Å²) in [5.41, 5.74) is 0. The van der Waals surface area contributed by atoms with Gasteiger partial charge in [0, 0.05) is 5.30 Å². The largest absolute Gasteiger partial charge is 0.117 e. The van der Waals surface area contributed by atoms with Gasteiger partial charge >= 0.3 is 0 Å². The predicted molar refractivity (Wildman–Crippen MR) is 97.2 cm³/mol. The van der Waals surface area contributed by atoms with Crippen molar-refractivity contribution in [3.63, 3.8) is 0 Å². The molecule has 4 rings (SSSR count). The van der Waals surface area contributed by atoms with E-state index in [-0.39, 0.29) is 0 Å². The summed E-state index contributed by atoms with van der Waals surface area (Å²) >= 11 is 12.5. The molecule has 0 bridgehead atoms. The van der Waals surface area contributed by atoms with Crippen molar-refractivity contribution in [2.45, 2.75) is 0 Å². The maximum Gasteiger partial charge on any atom is 0.117 e. The second kappa shape index (κ2) is 5.14. The molecule has 0 spiro atoms. The minimum Gasteiger partial charge on any atom is -0.0727 e. The molecule has 102 valence electrons. The van der Waals surface area contributed by atoms with E-state index in [9.17, 15) is 0 Å². The van der Waals surface area contributed by atoms with E-state index in [1.54, 1.807) is 0 Å². The average Bonchev–Trinajstić information content (AvgIpc) is 2.52. The molecule has 0 N–H and O–H groups in total. The Morgan fingerprint density at radius 3 is 2.05 bits per heavy atom. The molecule has 0 unspecified atom stereocenters. The molecule has 0 saturated heterocycles. The number of fused-ring (bicyclic) bond motifs is 4. The van der Waals surface area contributed by atoms with E-state index >= 15 is 0 Å². The van der Waals surface area contributed by atoms with Crippen LogP contribution in [-0.2, 0) is 0 Å². The van der Waals surface area contributed by atoms with Crippen LogP contribution in [-0.4, -0.2) is 0 Å². The molecule has 4 aromatic carbocycles. The van der Waals surface area contributed by atoms with Crippen molar-refractivity contribution in [2.24, 2.45) is 0 Å². The topological polar surface area (TPSA) is 0 Å². The fourth-order valence-electron chi connectivity index (χ4n) is 2.92. The van der Waals surface area contributed by atoms with Crippen LogP contribution in [0, 0.1) is 0 Å². The Bertz CT molecular complexity index is 976. The van der Waals surface area contributed by atoms with Crippen LogP contribution in [0.1, 0.15) is 0 Å². The maximum absolute atomic E-state index is 6.23. The summed E-state index contributed by atoms with van der Waals surface area (Å²) in [5.74, 6) is 0. The average molecular weight is 329 g/mol. The first-order valence-corrected chi connectivity index (χ1v) is 9.85. The molecule has 0 heterocycles. The van der Waals surface area contributed by atoms with Gasteiger partial charge in [0.05, 0.1) is 0 Å². The third-order valence-electron chi connectivity index (χ3n) is 3.89. The van der Waals surface area contributed by atoms with Crippen molar-refractivity contribution < 1.29 is 0 Å². The molecule has 0 aliphatic heterocycles. The van der Waals surface area contributed by atoms with Crippen molar-refractivity contribution in [3.05, 3.63) is 66.7 Å². The molecule has 0 fully saturated rings. The quantitative estimate of drug-likeness (QED) is 0.211. The Labute approximate surface area is 133 Å². The van der Waals surface area contributed by atoms with Crippen LogP contribution in [0.3, 0.4) is 0 Å². The first-order chi connectivity index (χ1) is 10.2. The molecular formula is C18H11Cl2P. The molecule has 0 aliphatic carbocycles. The van der Waals surface area contributed by atoms with E-state index in [1.165, 1.54) is 32.3 Å². The van der Waals surface area contributed by atoms with Crippen LogP contribution in [0.2, 0.25) is 0 Å². The first kappa shape index (κ1) is 13.3. The molecule has 3 heteroatoms. The van der Waals surface area contributed by atoms with Crippen LogP contribution in [0.5, 0.6) is 0 Å². The Balaban J connectivity index is 2.24. The van der Waals surface area contributed by atoms with Crippen molar-refractivity contribution in [1.82, 2.24) is 0 Å². The van der Waals surface area contributed by atoms with Gasteiger partial charge < -0.3 is 0 Å². The molecule has 4 aromatic rings. The number of hydrogen-bond donors (Lipinski definition) is 0. The standard InChI is InChI=1S/C18H11Cl2P/c19-21(20)17-7-3-6-12-8-9-15-10-13-4-1-2-5-14(13)11-16(15)18(12)17/h1-11H. The lowest BCUT2D eigenvalue weighted by Crippen LogP contribution is -1.97. The van der Waals surface area contributed by atoms with Gasteiger partial charge in [0.1, 0.15) is 6.63 Å². The highest BCUT2D eigenvalue weighted by Crippen LogP contribution is 2.48. The zero-order valence-corrected chi connectivity index (χ0v) is 13.5. The van der Waals surface area contributed by atoms with E-state index in [0.717, 1.165) is 5.30 Å². The van der Waals surface area contributed by atoms with Gasteiger partial charge in [-0.15, -0.1) is 0 Å². The highest BCUT2D eigenvalue weighted by atomic mass is 35.9. The summed E-state index contributed by atoms with van der Waals surface area (Å²) in [7, 11) is 0. The minimum atomic E-state index is -1.17. The van der Waals surface area contributed by atoms with Crippen LogP contribution in [0.25, 0.3) is 32.3 Å². The van der Waals surface area contributed by atoms with E-state index in [0.29, 0.717) is 0 Å². The molecule has 0 radical (unpaired) electrons. The van der Waals surface area contributed by atoms with Crippen LogP contribution in [0.4, 0.5) is 0 Å². The fourth-order valence-corrected chi connectivity index (χ4v) is 4.39. The fraction of sp³-hybridized carbons (Fsp3) is 0. The second-order valence-corrected chi connectivity index (χ2v) is 8.59. The van der Waals surface area contributed by atoms with Crippen molar-refractivity contribution >= 4 is 66.7 Å². The lowest BCUT2D eigenvalue weighted by Gasteiger charge is -2.11. The SMILES string of the molecule is ClP(Cl)c1cccc2ccc3cc4ccccc4cc3c12. The molecule has 0 saturated carbocycles. The Morgan fingerprint density at radius 2 is 1.29 bits per heavy atom. The lowest BCUT2D eigenvalue weighted by molar-refractivity contribution is 1.79. The molecule has 21 heavy (non-hydrogen) atoms. The molecule has 0 nitrogen and oxygen atoms in total. The summed E-state index contributed by atoms with van der Waals surface area (Å²) in [5, 5.41) is 8.32. The zero-order valence-electron chi connectivity index (χ0n) is 11.1. The van der Waals surface area contributed by atoms with Crippen LogP contribution >= 0.6 is 29.1 Å². The van der Waals surface area contributed by atoms with Crippen molar-refractivity contribution in [3.8, 4) is 0 Å². The smallest absolute Gasteiger partial charge is 0.0727 e. The van der Waals surface area contributed by atoms with Gasteiger partial charge in [-0.3, -0.25) is 0 Å². The third-order valence-corrected chi connectivity index (χ3v) is 5.72. The molecule has 0 aromatic heterocycles. The highest BCUT2D eigenvalue weighted by molar-refractivity contribution is 8.09. The second-order valence-electron chi connectivity index (χ2n) is 5.09. The van der Waals surface area contributed by atoms with E-state index < -0.39 is 6.63 Å². The van der Waals surface area contributed by atoms with Crippen molar-refractivity contribution in [1.29, 1.82) is 0 Å².